The summed E-state index contributed by atoms with van der Waals surface area (Å²) in [5.41, 5.74) is 1.20. The first-order valence-corrected chi connectivity index (χ1v) is 5.79. The van der Waals surface area contributed by atoms with Gasteiger partial charge in [0, 0.05) is 17.9 Å². The monoisotopic (exact) mass is 206 g/mol. The molecule has 1 N–H and O–H groups in total. The Morgan fingerprint density at radius 3 is 2.67 bits per heavy atom. The van der Waals surface area contributed by atoms with Crippen molar-refractivity contribution in [3.8, 4) is 0 Å². The van der Waals surface area contributed by atoms with E-state index in [-0.39, 0.29) is 0 Å². The molecule has 0 aliphatic rings. The van der Waals surface area contributed by atoms with Gasteiger partial charge in [-0.05, 0) is 44.4 Å². The third-order valence-corrected chi connectivity index (χ3v) is 2.64. The van der Waals surface area contributed by atoms with Crippen molar-refractivity contribution >= 4 is 0 Å². The largest absolute Gasteiger partial charge is 0.317 e. The molecule has 1 aromatic rings. The summed E-state index contributed by atoms with van der Waals surface area (Å²) in [5.74, 6) is 0.756. The topological polar surface area (TPSA) is 24.9 Å². The summed E-state index contributed by atoms with van der Waals surface area (Å²) < 4.78 is 0. The van der Waals surface area contributed by atoms with Gasteiger partial charge in [0.2, 0.25) is 0 Å². The van der Waals surface area contributed by atoms with E-state index in [0.29, 0.717) is 6.04 Å². The Hall–Kier alpha value is -0.890. The normalized spacial score (nSPS) is 13.1. The Kier molecular flexibility index (Phi) is 5.33. The maximum atomic E-state index is 4.34. The predicted octanol–water partition coefficient (Wildman–Crippen LogP) is 2.65. The number of rotatable bonds is 6. The van der Waals surface area contributed by atoms with E-state index in [2.05, 4.69) is 36.3 Å². The number of hydrogen-bond donors (Lipinski definition) is 1. The fraction of sp³-hybridized carbons (Fsp3) is 0.615. The van der Waals surface area contributed by atoms with E-state index in [9.17, 15) is 0 Å². The number of aryl methyl sites for hydroxylation is 1. The summed E-state index contributed by atoms with van der Waals surface area (Å²) in [4.78, 5) is 4.34. The van der Waals surface area contributed by atoms with Gasteiger partial charge in [-0.2, -0.15) is 0 Å². The third-order valence-electron chi connectivity index (χ3n) is 2.64. The molecule has 15 heavy (non-hydrogen) atoms. The van der Waals surface area contributed by atoms with Gasteiger partial charge in [0.25, 0.3) is 0 Å². The van der Waals surface area contributed by atoms with Gasteiger partial charge in [-0.25, -0.2) is 0 Å². The van der Waals surface area contributed by atoms with Gasteiger partial charge >= 0.3 is 0 Å². The number of nitrogens with one attached hydrogen (secondary N) is 1. The molecule has 0 aliphatic heterocycles. The van der Waals surface area contributed by atoms with Crippen molar-refractivity contribution in [1.29, 1.82) is 0 Å². The quantitative estimate of drug-likeness (QED) is 0.774. The lowest BCUT2D eigenvalue weighted by atomic mass is 9.99. The van der Waals surface area contributed by atoms with Gasteiger partial charge in [-0.3, -0.25) is 4.98 Å². The molecule has 1 heterocycles. The Morgan fingerprint density at radius 2 is 2.13 bits per heavy atom. The molecule has 0 bridgehead atoms. The molecular formula is C13H22N2. The molecule has 0 aliphatic carbocycles. The SMILES string of the molecule is CNC(CCc1ccccn1)CC(C)C. The molecule has 84 valence electrons. The molecule has 0 spiro atoms. The Bertz CT molecular complexity index is 256. The van der Waals surface area contributed by atoms with Crippen LogP contribution >= 0.6 is 0 Å². The summed E-state index contributed by atoms with van der Waals surface area (Å²) >= 11 is 0. The number of aromatic nitrogens is 1. The van der Waals surface area contributed by atoms with Crippen LogP contribution in [0.4, 0.5) is 0 Å². The highest BCUT2D eigenvalue weighted by Crippen LogP contribution is 2.10. The maximum Gasteiger partial charge on any atom is 0.0404 e. The van der Waals surface area contributed by atoms with Gasteiger partial charge in [-0.1, -0.05) is 19.9 Å². The van der Waals surface area contributed by atoms with Crippen LogP contribution in [0.15, 0.2) is 24.4 Å². The minimum absolute atomic E-state index is 0.618. The van der Waals surface area contributed by atoms with Crippen molar-refractivity contribution in [3.05, 3.63) is 30.1 Å². The zero-order valence-electron chi connectivity index (χ0n) is 10.0. The van der Waals surface area contributed by atoms with Crippen LogP contribution < -0.4 is 5.32 Å². The summed E-state index contributed by atoms with van der Waals surface area (Å²) in [5, 5.41) is 3.38. The van der Waals surface area contributed by atoms with Crippen molar-refractivity contribution in [2.45, 2.75) is 39.2 Å². The second-order valence-corrected chi connectivity index (χ2v) is 4.47. The van der Waals surface area contributed by atoms with Crippen molar-refractivity contribution < 1.29 is 0 Å². The molecule has 1 aromatic heterocycles. The molecule has 0 fully saturated rings. The fourth-order valence-electron chi connectivity index (χ4n) is 1.82. The Balaban J connectivity index is 2.34. The van der Waals surface area contributed by atoms with E-state index >= 15 is 0 Å². The van der Waals surface area contributed by atoms with Crippen LogP contribution in [0.1, 0.15) is 32.4 Å². The smallest absolute Gasteiger partial charge is 0.0404 e. The van der Waals surface area contributed by atoms with Gasteiger partial charge < -0.3 is 5.32 Å². The van der Waals surface area contributed by atoms with Gasteiger partial charge in [0.05, 0.1) is 0 Å². The van der Waals surface area contributed by atoms with Gasteiger partial charge in [-0.15, -0.1) is 0 Å². The molecule has 0 saturated carbocycles. The zero-order chi connectivity index (χ0) is 11.1. The van der Waals surface area contributed by atoms with Gasteiger partial charge in [0.15, 0.2) is 0 Å². The lowest BCUT2D eigenvalue weighted by Gasteiger charge is -2.17. The van der Waals surface area contributed by atoms with Gasteiger partial charge in [0.1, 0.15) is 0 Å². The van der Waals surface area contributed by atoms with Crippen LogP contribution in [0.25, 0.3) is 0 Å². The molecule has 1 rings (SSSR count). The minimum Gasteiger partial charge on any atom is -0.317 e. The van der Waals surface area contributed by atoms with Crippen LogP contribution in [0.3, 0.4) is 0 Å². The second-order valence-electron chi connectivity index (χ2n) is 4.47. The number of hydrogen-bond acceptors (Lipinski definition) is 2. The lowest BCUT2D eigenvalue weighted by molar-refractivity contribution is 0.420. The molecule has 1 unspecified atom stereocenters. The van der Waals surface area contributed by atoms with Crippen molar-refractivity contribution in [1.82, 2.24) is 10.3 Å². The lowest BCUT2D eigenvalue weighted by Crippen LogP contribution is -2.27. The summed E-state index contributed by atoms with van der Waals surface area (Å²) in [6, 6.07) is 6.74. The molecule has 2 heteroatoms. The third kappa shape index (κ3) is 4.93. The number of pyridine rings is 1. The van der Waals surface area contributed by atoms with E-state index in [1.54, 1.807) is 0 Å². The van der Waals surface area contributed by atoms with E-state index in [1.807, 2.05) is 19.3 Å². The van der Waals surface area contributed by atoms with Crippen LogP contribution in [0.5, 0.6) is 0 Å². The van der Waals surface area contributed by atoms with E-state index < -0.39 is 0 Å². The summed E-state index contributed by atoms with van der Waals surface area (Å²) in [6.07, 6.45) is 5.35. The molecular weight excluding hydrogens is 184 g/mol. The molecule has 0 radical (unpaired) electrons. The first-order valence-electron chi connectivity index (χ1n) is 5.79. The average molecular weight is 206 g/mol. The second kappa shape index (κ2) is 6.57. The number of nitrogens with zero attached hydrogens (tertiary/aromatic N) is 1. The van der Waals surface area contributed by atoms with Crippen molar-refractivity contribution in [2.75, 3.05) is 7.05 Å². The van der Waals surface area contributed by atoms with Crippen molar-refractivity contribution in [3.63, 3.8) is 0 Å². The van der Waals surface area contributed by atoms with E-state index in [1.165, 1.54) is 18.5 Å². The molecule has 2 nitrogen and oxygen atoms in total. The van der Waals surface area contributed by atoms with Crippen LogP contribution in [0, 0.1) is 5.92 Å². The molecule has 0 aromatic carbocycles. The van der Waals surface area contributed by atoms with Crippen molar-refractivity contribution in [2.24, 2.45) is 5.92 Å². The maximum absolute atomic E-state index is 4.34. The highest BCUT2D eigenvalue weighted by molar-refractivity contribution is 5.03. The highest BCUT2D eigenvalue weighted by Gasteiger charge is 2.08. The minimum atomic E-state index is 0.618. The average Bonchev–Trinajstić information content (AvgIpc) is 2.25. The first-order chi connectivity index (χ1) is 7.22. The standard InChI is InChI=1S/C13H22N2/c1-11(2)10-13(14-3)8-7-12-6-4-5-9-15-12/h4-6,9,11,13-14H,7-8,10H2,1-3H3. The zero-order valence-corrected chi connectivity index (χ0v) is 10.0. The van der Waals surface area contributed by atoms with Crippen LogP contribution in [-0.4, -0.2) is 18.1 Å². The molecule has 0 saturated heterocycles. The van der Waals surface area contributed by atoms with E-state index in [4.69, 9.17) is 0 Å². The Labute approximate surface area is 93.1 Å². The van der Waals surface area contributed by atoms with E-state index in [0.717, 1.165) is 12.3 Å². The fourth-order valence-corrected chi connectivity index (χ4v) is 1.82. The van der Waals surface area contributed by atoms with Crippen LogP contribution in [-0.2, 0) is 6.42 Å². The summed E-state index contributed by atoms with van der Waals surface area (Å²) in [7, 11) is 2.05. The summed E-state index contributed by atoms with van der Waals surface area (Å²) in [6.45, 7) is 4.54. The molecule has 0 amide bonds. The highest BCUT2D eigenvalue weighted by atomic mass is 14.9. The predicted molar refractivity (Wildman–Crippen MR) is 64.9 cm³/mol. The molecule has 1 atom stereocenters. The first kappa shape index (κ1) is 12.2. The van der Waals surface area contributed by atoms with Crippen LogP contribution in [0.2, 0.25) is 0 Å². The Morgan fingerprint density at radius 1 is 1.33 bits per heavy atom.